The Morgan fingerprint density at radius 2 is 1.76 bits per heavy atom. The number of hydrogen-bond acceptors (Lipinski definition) is 2. The van der Waals surface area contributed by atoms with Gasteiger partial charge < -0.3 is 10.6 Å². The molecule has 0 spiro atoms. The topological polar surface area (TPSA) is 58.2 Å². The molecular formula is C16H21FN2O2. The summed E-state index contributed by atoms with van der Waals surface area (Å²) in [5, 5.41) is 5.59. The van der Waals surface area contributed by atoms with Gasteiger partial charge in [0.25, 0.3) is 0 Å². The van der Waals surface area contributed by atoms with Crippen molar-refractivity contribution in [3.8, 4) is 0 Å². The molecule has 0 aliphatic heterocycles. The van der Waals surface area contributed by atoms with Crippen LogP contribution in [0.25, 0.3) is 0 Å². The molecule has 5 heteroatoms. The molecule has 0 bridgehead atoms. The third-order valence-corrected chi connectivity index (χ3v) is 3.69. The minimum atomic E-state index is -0.272. The van der Waals surface area contributed by atoms with Crippen molar-refractivity contribution in [1.82, 2.24) is 10.6 Å². The van der Waals surface area contributed by atoms with Crippen molar-refractivity contribution in [3.63, 3.8) is 0 Å². The first-order valence-corrected chi connectivity index (χ1v) is 7.44. The van der Waals surface area contributed by atoms with Gasteiger partial charge in [0.05, 0.1) is 0 Å². The first kappa shape index (κ1) is 15.5. The molecule has 2 amide bonds. The molecule has 0 atom stereocenters. The van der Waals surface area contributed by atoms with Crippen LogP contribution in [0.2, 0.25) is 0 Å². The molecule has 2 rings (SSSR count). The van der Waals surface area contributed by atoms with E-state index in [0.29, 0.717) is 13.0 Å². The quantitative estimate of drug-likeness (QED) is 0.787. The fourth-order valence-electron chi connectivity index (χ4n) is 2.55. The van der Waals surface area contributed by atoms with Gasteiger partial charge in [0.15, 0.2) is 0 Å². The van der Waals surface area contributed by atoms with E-state index in [1.165, 1.54) is 12.1 Å². The highest BCUT2D eigenvalue weighted by Crippen LogP contribution is 2.17. The van der Waals surface area contributed by atoms with Crippen LogP contribution in [0, 0.1) is 5.82 Å². The number of benzene rings is 1. The van der Waals surface area contributed by atoms with Gasteiger partial charge in [0.2, 0.25) is 11.8 Å². The van der Waals surface area contributed by atoms with E-state index in [4.69, 9.17) is 0 Å². The van der Waals surface area contributed by atoms with Gasteiger partial charge >= 0.3 is 0 Å². The fraction of sp³-hybridized carbons (Fsp3) is 0.500. The van der Waals surface area contributed by atoms with Crippen molar-refractivity contribution in [2.45, 2.75) is 44.6 Å². The second kappa shape index (κ2) is 7.76. The van der Waals surface area contributed by atoms with Crippen molar-refractivity contribution < 1.29 is 14.0 Å². The van der Waals surface area contributed by atoms with Gasteiger partial charge in [-0.2, -0.15) is 0 Å². The second-order valence-corrected chi connectivity index (χ2v) is 5.45. The molecule has 0 unspecified atom stereocenters. The van der Waals surface area contributed by atoms with E-state index in [0.717, 1.165) is 31.2 Å². The van der Waals surface area contributed by atoms with E-state index in [-0.39, 0.29) is 30.1 Å². The molecule has 21 heavy (non-hydrogen) atoms. The van der Waals surface area contributed by atoms with Crippen LogP contribution < -0.4 is 10.6 Å². The second-order valence-electron chi connectivity index (χ2n) is 5.45. The Bertz CT molecular complexity index is 482. The molecule has 1 aliphatic carbocycles. The van der Waals surface area contributed by atoms with Crippen molar-refractivity contribution in [3.05, 3.63) is 35.6 Å². The average molecular weight is 292 g/mol. The molecule has 4 nitrogen and oxygen atoms in total. The van der Waals surface area contributed by atoms with Crippen LogP contribution in [0.15, 0.2) is 24.3 Å². The predicted molar refractivity (Wildman–Crippen MR) is 78.1 cm³/mol. The van der Waals surface area contributed by atoms with Crippen molar-refractivity contribution in [2.24, 2.45) is 0 Å². The van der Waals surface area contributed by atoms with Crippen molar-refractivity contribution in [2.75, 3.05) is 6.54 Å². The summed E-state index contributed by atoms with van der Waals surface area (Å²) in [7, 11) is 0. The highest BCUT2D eigenvalue weighted by Gasteiger charge is 2.18. The Labute approximate surface area is 124 Å². The lowest BCUT2D eigenvalue weighted by Gasteiger charge is -2.11. The average Bonchev–Trinajstić information content (AvgIpc) is 2.93. The van der Waals surface area contributed by atoms with E-state index in [2.05, 4.69) is 10.6 Å². The lowest BCUT2D eigenvalue weighted by atomic mass is 10.1. The Balaban J connectivity index is 1.62. The van der Waals surface area contributed by atoms with Crippen molar-refractivity contribution >= 4 is 11.8 Å². The predicted octanol–water partition coefficient (Wildman–Crippen LogP) is 1.93. The molecule has 0 radical (unpaired) electrons. The van der Waals surface area contributed by atoms with E-state index >= 15 is 0 Å². The van der Waals surface area contributed by atoms with E-state index in [1.54, 1.807) is 12.1 Å². The lowest BCUT2D eigenvalue weighted by Crippen LogP contribution is -2.37. The van der Waals surface area contributed by atoms with Gasteiger partial charge in [-0.05, 0) is 37.0 Å². The van der Waals surface area contributed by atoms with Crippen molar-refractivity contribution in [1.29, 1.82) is 0 Å². The third kappa shape index (κ3) is 5.53. The van der Waals surface area contributed by atoms with Crippen LogP contribution >= 0.6 is 0 Å². The molecular weight excluding hydrogens is 271 g/mol. The largest absolute Gasteiger partial charge is 0.355 e. The molecule has 2 N–H and O–H groups in total. The zero-order valence-electron chi connectivity index (χ0n) is 12.0. The normalized spacial score (nSPS) is 14.9. The van der Waals surface area contributed by atoms with Gasteiger partial charge in [-0.3, -0.25) is 9.59 Å². The summed E-state index contributed by atoms with van der Waals surface area (Å²) in [6, 6.07) is 6.41. The summed E-state index contributed by atoms with van der Waals surface area (Å²) in [5.74, 6) is -0.750. The highest BCUT2D eigenvalue weighted by atomic mass is 19.1. The standard InChI is InChI=1S/C16H21FN2O2/c17-13-7-5-12(6-8-13)9-10-18-15(20)11-16(21)19-14-3-1-2-4-14/h5-8,14H,1-4,9-11H2,(H,18,20)(H,19,21). The summed E-state index contributed by atoms with van der Waals surface area (Å²) in [5.41, 5.74) is 0.951. The summed E-state index contributed by atoms with van der Waals surface area (Å²) in [4.78, 5) is 23.3. The van der Waals surface area contributed by atoms with Crippen LogP contribution in [-0.4, -0.2) is 24.4 Å². The maximum atomic E-state index is 12.7. The highest BCUT2D eigenvalue weighted by molar-refractivity contribution is 5.96. The Morgan fingerprint density at radius 3 is 2.43 bits per heavy atom. The van der Waals surface area contributed by atoms with Crippen LogP contribution in [0.5, 0.6) is 0 Å². The maximum absolute atomic E-state index is 12.7. The Morgan fingerprint density at radius 1 is 1.10 bits per heavy atom. The summed E-state index contributed by atoms with van der Waals surface area (Å²) in [6.45, 7) is 0.446. The third-order valence-electron chi connectivity index (χ3n) is 3.69. The van der Waals surface area contributed by atoms with Crippen LogP contribution in [-0.2, 0) is 16.0 Å². The summed E-state index contributed by atoms with van der Waals surface area (Å²) >= 11 is 0. The molecule has 0 aromatic heterocycles. The van der Waals surface area contributed by atoms with Gasteiger partial charge in [-0.15, -0.1) is 0 Å². The monoisotopic (exact) mass is 292 g/mol. The summed E-state index contributed by atoms with van der Waals surface area (Å²) in [6.07, 6.45) is 4.82. The number of amides is 2. The van der Waals surface area contributed by atoms with Gasteiger partial charge in [-0.1, -0.05) is 25.0 Å². The first-order chi connectivity index (χ1) is 10.1. The Hall–Kier alpha value is -1.91. The molecule has 1 fully saturated rings. The molecule has 0 heterocycles. The molecule has 114 valence electrons. The van der Waals surface area contributed by atoms with Crippen LogP contribution in [0.1, 0.15) is 37.7 Å². The number of carbonyl (C=O) groups excluding carboxylic acids is 2. The van der Waals surface area contributed by atoms with Crippen LogP contribution in [0.4, 0.5) is 4.39 Å². The van der Waals surface area contributed by atoms with E-state index in [9.17, 15) is 14.0 Å². The first-order valence-electron chi connectivity index (χ1n) is 7.44. The fourth-order valence-corrected chi connectivity index (χ4v) is 2.55. The van der Waals surface area contributed by atoms with Gasteiger partial charge in [0, 0.05) is 12.6 Å². The Kier molecular flexibility index (Phi) is 5.72. The summed E-state index contributed by atoms with van der Waals surface area (Å²) < 4.78 is 12.7. The smallest absolute Gasteiger partial charge is 0.229 e. The zero-order chi connectivity index (χ0) is 15.1. The van der Waals surface area contributed by atoms with Gasteiger partial charge in [-0.25, -0.2) is 4.39 Å². The van der Waals surface area contributed by atoms with Gasteiger partial charge in [0.1, 0.15) is 12.2 Å². The zero-order valence-corrected chi connectivity index (χ0v) is 12.0. The molecule has 1 aromatic carbocycles. The van der Waals surface area contributed by atoms with E-state index in [1.807, 2.05) is 0 Å². The number of nitrogens with one attached hydrogen (secondary N) is 2. The lowest BCUT2D eigenvalue weighted by molar-refractivity contribution is -0.129. The number of carbonyl (C=O) groups is 2. The van der Waals surface area contributed by atoms with Crippen LogP contribution in [0.3, 0.4) is 0 Å². The SMILES string of the molecule is O=C(CC(=O)NC1CCCC1)NCCc1ccc(F)cc1. The number of hydrogen-bond donors (Lipinski definition) is 2. The molecule has 0 saturated heterocycles. The minimum absolute atomic E-state index is 0.125. The minimum Gasteiger partial charge on any atom is -0.355 e. The molecule has 1 saturated carbocycles. The number of rotatable bonds is 6. The molecule has 1 aliphatic rings. The van der Waals surface area contributed by atoms with E-state index < -0.39 is 0 Å². The number of halogens is 1. The molecule has 1 aromatic rings. The maximum Gasteiger partial charge on any atom is 0.229 e.